The van der Waals surface area contributed by atoms with Gasteiger partial charge in [0.1, 0.15) is 5.82 Å². The van der Waals surface area contributed by atoms with Crippen molar-refractivity contribution < 1.29 is 0 Å². The van der Waals surface area contributed by atoms with E-state index in [1.807, 2.05) is 6.20 Å². The highest BCUT2D eigenvalue weighted by Crippen LogP contribution is 2.21. The van der Waals surface area contributed by atoms with E-state index in [0.29, 0.717) is 17.8 Å². The molecule has 0 bridgehead atoms. The second-order valence-corrected chi connectivity index (χ2v) is 6.26. The second-order valence-electron chi connectivity index (χ2n) is 6.26. The van der Waals surface area contributed by atoms with Gasteiger partial charge in [0, 0.05) is 19.3 Å². The highest BCUT2D eigenvalue weighted by atomic mass is 15.0. The molecule has 3 heteroatoms. The summed E-state index contributed by atoms with van der Waals surface area (Å²) in [5, 5.41) is 6.92. The molecule has 0 aromatic carbocycles. The molecule has 20 heavy (non-hydrogen) atoms. The van der Waals surface area contributed by atoms with Crippen LogP contribution in [-0.4, -0.2) is 18.1 Å². The molecule has 0 fully saturated rings. The topological polar surface area (TPSA) is 37.0 Å². The molecule has 3 nitrogen and oxygen atoms in total. The smallest absolute Gasteiger partial charge is 0.126 e. The molecule has 1 heterocycles. The molecule has 114 valence electrons. The zero-order valence-corrected chi connectivity index (χ0v) is 13.7. The van der Waals surface area contributed by atoms with Crippen LogP contribution in [0, 0.1) is 17.8 Å². The first-order valence-corrected chi connectivity index (χ1v) is 7.94. The monoisotopic (exact) mass is 277 g/mol. The lowest BCUT2D eigenvalue weighted by Gasteiger charge is -2.25. The number of hydrogen-bond acceptors (Lipinski definition) is 3. The first-order chi connectivity index (χ1) is 9.54. The van der Waals surface area contributed by atoms with Gasteiger partial charge in [-0.25, -0.2) is 4.98 Å². The molecule has 1 aromatic heterocycles. The van der Waals surface area contributed by atoms with Gasteiger partial charge in [0.25, 0.3) is 0 Å². The first kappa shape index (κ1) is 17.0. The second kappa shape index (κ2) is 8.96. The fraction of sp³-hybridized carbons (Fsp3) is 0.706. The third-order valence-electron chi connectivity index (χ3n) is 3.81. The quantitative estimate of drug-likeness (QED) is 0.672. The predicted molar refractivity (Wildman–Crippen MR) is 87.9 cm³/mol. The normalized spacial score (nSPS) is 11.6. The van der Waals surface area contributed by atoms with Crippen molar-refractivity contribution in [2.45, 2.75) is 47.6 Å². The number of hydrogen-bond donors (Lipinski definition) is 2. The summed E-state index contributed by atoms with van der Waals surface area (Å²) in [4.78, 5) is 4.42. The Balaban J connectivity index is 2.52. The zero-order valence-electron chi connectivity index (χ0n) is 13.7. The van der Waals surface area contributed by atoms with E-state index in [0.717, 1.165) is 25.5 Å². The average Bonchev–Trinajstić information content (AvgIpc) is 2.39. The van der Waals surface area contributed by atoms with Crippen LogP contribution < -0.4 is 10.6 Å². The molecule has 0 saturated carbocycles. The van der Waals surface area contributed by atoms with Gasteiger partial charge in [0.05, 0.1) is 0 Å². The molecule has 0 atom stereocenters. The Morgan fingerprint density at radius 1 is 1.15 bits per heavy atom. The van der Waals surface area contributed by atoms with Crippen molar-refractivity contribution in [1.29, 1.82) is 0 Å². The largest absolute Gasteiger partial charge is 0.370 e. The first-order valence-electron chi connectivity index (χ1n) is 7.94. The van der Waals surface area contributed by atoms with Crippen molar-refractivity contribution in [2.75, 3.05) is 18.4 Å². The molecule has 0 radical (unpaired) electrons. The summed E-state index contributed by atoms with van der Waals surface area (Å²) in [5.41, 5.74) is 1.29. The summed E-state index contributed by atoms with van der Waals surface area (Å²) in [6, 6.07) is 4.23. The fourth-order valence-electron chi connectivity index (χ4n) is 2.55. The van der Waals surface area contributed by atoms with Gasteiger partial charge in [-0.2, -0.15) is 0 Å². The summed E-state index contributed by atoms with van der Waals surface area (Å²) in [6.07, 6.45) is 3.06. The zero-order chi connectivity index (χ0) is 15.0. The van der Waals surface area contributed by atoms with Crippen LogP contribution in [0.1, 0.15) is 46.6 Å². The molecule has 0 aliphatic rings. The summed E-state index contributed by atoms with van der Waals surface area (Å²) in [7, 11) is 0. The minimum atomic E-state index is 0.679. The maximum absolute atomic E-state index is 4.42. The minimum Gasteiger partial charge on any atom is -0.370 e. The highest BCUT2D eigenvalue weighted by molar-refractivity contribution is 5.37. The van der Waals surface area contributed by atoms with Crippen LogP contribution in [0.15, 0.2) is 18.3 Å². The lowest BCUT2D eigenvalue weighted by Crippen LogP contribution is -2.25. The third kappa shape index (κ3) is 5.91. The Hall–Kier alpha value is -1.09. The Morgan fingerprint density at radius 3 is 2.45 bits per heavy atom. The Labute approximate surface area is 124 Å². The van der Waals surface area contributed by atoms with Gasteiger partial charge < -0.3 is 10.6 Å². The number of nitrogens with one attached hydrogen (secondary N) is 2. The standard InChI is InChI=1S/C17H31N3/c1-6-8-18-11-15-7-9-19-17(10-15)20-12-16(13(2)3)14(4)5/h7,9-10,13-14,16,18H,6,8,11-12H2,1-5H3,(H,19,20). The fourth-order valence-corrected chi connectivity index (χ4v) is 2.55. The number of anilines is 1. The van der Waals surface area contributed by atoms with Crippen LogP contribution in [0.3, 0.4) is 0 Å². The van der Waals surface area contributed by atoms with Gasteiger partial charge in [-0.05, 0) is 48.4 Å². The highest BCUT2D eigenvalue weighted by Gasteiger charge is 2.17. The average molecular weight is 277 g/mol. The molecule has 0 aliphatic carbocycles. The molecule has 0 aliphatic heterocycles. The van der Waals surface area contributed by atoms with E-state index in [2.05, 4.69) is 62.4 Å². The predicted octanol–water partition coefficient (Wildman–Crippen LogP) is 3.92. The summed E-state index contributed by atoms with van der Waals surface area (Å²) >= 11 is 0. The Kier molecular flexibility index (Phi) is 7.60. The van der Waals surface area contributed by atoms with E-state index in [-0.39, 0.29) is 0 Å². The summed E-state index contributed by atoms with van der Waals surface area (Å²) in [6.45, 7) is 14.3. The molecular formula is C17H31N3. The van der Waals surface area contributed by atoms with Crippen molar-refractivity contribution >= 4 is 5.82 Å². The van der Waals surface area contributed by atoms with E-state index in [4.69, 9.17) is 0 Å². The number of pyridine rings is 1. The van der Waals surface area contributed by atoms with Gasteiger partial charge in [0.2, 0.25) is 0 Å². The molecule has 1 rings (SSSR count). The van der Waals surface area contributed by atoms with Crippen LogP contribution in [0.25, 0.3) is 0 Å². The maximum atomic E-state index is 4.42. The molecular weight excluding hydrogens is 246 g/mol. The summed E-state index contributed by atoms with van der Waals surface area (Å²) in [5.74, 6) is 3.06. The molecule has 0 unspecified atom stereocenters. The van der Waals surface area contributed by atoms with Gasteiger partial charge in [-0.3, -0.25) is 0 Å². The lowest BCUT2D eigenvalue weighted by atomic mass is 9.85. The molecule has 1 aromatic rings. The molecule has 0 amide bonds. The van der Waals surface area contributed by atoms with E-state index in [9.17, 15) is 0 Å². The van der Waals surface area contributed by atoms with Crippen molar-refractivity contribution in [3.05, 3.63) is 23.9 Å². The van der Waals surface area contributed by atoms with Gasteiger partial charge in [-0.15, -0.1) is 0 Å². The lowest BCUT2D eigenvalue weighted by molar-refractivity contribution is 0.304. The molecule has 2 N–H and O–H groups in total. The van der Waals surface area contributed by atoms with Gasteiger partial charge >= 0.3 is 0 Å². The van der Waals surface area contributed by atoms with Crippen LogP contribution in [-0.2, 0) is 6.54 Å². The summed E-state index contributed by atoms with van der Waals surface area (Å²) < 4.78 is 0. The third-order valence-corrected chi connectivity index (χ3v) is 3.81. The minimum absolute atomic E-state index is 0.679. The van der Waals surface area contributed by atoms with E-state index < -0.39 is 0 Å². The number of aromatic nitrogens is 1. The number of nitrogens with zero attached hydrogens (tertiary/aromatic N) is 1. The maximum Gasteiger partial charge on any atom is 0.126 e. The van der Waals surface area contributed by atoms with E-state index >= 15 is 0 Å². The van der Waals surface area contributed by atoms with Crippen LogP contribution in [0.2, 0.25) is 0 Å². The van der Waals surface area contributed by atoms with Crippen molar-refractivity contribution in [2.24, 2.45) is 17.8 Å². The molecule has 0 saturated heterocycles. The van der Waals surface area contributed by atoms with Crippen molar-refractivity contribution in [3.8, 4) is 0 Å². The van der Waals surface area contributed by atoms with Crippen LogP contribution >= 0.6 is 0 Å². The Bertz CT molecular complexity index is 366. The number of rotatable bonds is 9. The van der Waals surface area contributed by atoms with Crippen molar-refractivity contribution in [1.82, 2.24) is 10.3 Å². The van der Waals surface area contributed by atoms with Crippen LogP contribution in [0.5, 0.6) is 0 Å². The Morgan fingerprint density at radius 2 is 1.85 bits per heavy atom. The van der Waals surface area contributed by atoms with Gasteiger partial charge in [0.15, 0.2) is 0 Å². The van der Waals surface area contributed by atoms with E-state index in [1.165, 1.54) is 12.0 Å². The SMILES string of the molecule is CCCNCc1ccnc(NCC(C(C)C)C(C)C)c1. The van der Waals surface area contributed by atoms with Crippen molar-refractivity contribution in [3.63, 3.8) is 0 Å². The van der Waals surface area contributed by atoms with Gasteiger partial charge in [-0.1, -0.05) is 34.6 Å². The molecule has 0 spiro atoms. The van der Waals surface area contributed by atoms with Crippen LogP contribution in [0.4, 0.5) is 5.82 Å². The van der Waals surface area contributed by atoms with E-state index in [1.54, 1.807) is 0 Å².